The first-order valence-electron chi connectivity index (χ1n) is 6.33. The topological polar surface area (TPSA) is 30.8 Å². The average molecular weight is 334 g/mol. The van der Waals surface area contributed by atoms with Gasteiger partial charge in [0.1, 0.15) is 0 Å². The van der Waals surface area contributed by atoms with E-state index in [2.05, 4.69) is 20.9 Å². The van der Waals surface area contributed by atoms with Crippen LogP contribution in [0.2, 0.25) is 0 Å². The number of benzene rings is 2. The Morgan fingerprint density at radius 1 is 1.10 bits per heavy atom. The summed E-state index contributed by atoms with van der Waals surface area (Å²) in [5.41, 5.74) is 1.87. The molecule has 0 saturated heterocycles. The molecule has 0 aliphatic rings. The fraction of sp³-hybridized carbons (Fsp3) is 0.188. The van der Waals surface area contributed by atoms with E-state index in [0.717, 1.165) is 21.5 Å². The molecule has 2 rings (SSSR count). The van der Waals surface area contributed by atoms with Crippen LogP contribution in [0, 0.1) is 0 Å². The van der Waals surface area contributed by atoms with Crippen LogP contribution in [0.4, 0.5) is 5.69 Å². The standard InChI is InChI=1S/C16H16BrNO2/c1-3-20-15-9-4-12(10-16(15)19-2)11-18-14-7-5-13(17)6-8-14/h4-11H,3H2,1-2H3. The number of hydrogen-bond donors (Lipinski definition) is 0. The lowest BCUT2D eigenvalue weighted by atomic mass is 10.2. The predicted molar refractivity (Wildman–Crippen MR) is 85.6 cm³/mol. The zero-order chi connectivity index (χ0) is 14.4. The Labute approximate surface area is 127 Å². The lowest BCUT2D eigenvalue weighted by Crippen LogP contribution is -1.96. The Balaban J connectivity index is 2.18. The highest BCUT2D eigenvalue weighted by Gasteiger charge is 2.03. The maximum atomic E-state index is 5.48. The molecule has 3 nitrogen and oxygen atoms in total. The van der Waals surface area contributed by atoms with E-state index in [0.29, 0.717) is 12.4 Å². The molecule has 4 heteroatoms. The molecule has 0 radical (unpaired) electrons. The van der Waals surface area contributed by atoms with Gasteiger partial charge in [-0.1, -0.05) is 15.9 Å². The second kappa shape index (κ2) is 7.10. The zero-order valence-corrected chi connectivity index (χ0v) is 13.1. The van der Waals surface area contributed by atoms with E-state index in [1.165, 1.54) is 0 Å². The molecular weight excluding hydrogens is 318 g/mol. The van der Waals surface area contributed by atoms with Crippen LogP contribution in [0.25, 0.3) is 0 Å². The van der Waals surface area contributed by atoms with Crippen LogP contribution in [0.15, 0.2) is 51.9 Å². The van der Waals surface area contributed by atoms with Crippen molar-refractivity contribution < 1.29 is 9.47 Å². The summed E-state index contributed by atoms with van der Waals surface area (Å²) in [5, 5.41) is 0. The van der Waals surface area contributed by atoms with E-state index in [-0.39, 0.29) is 0 Å². The summed E-state index contributed by atoms with van der Waals surface area (Å²) in [6.07, 6.45) is 1.81. The number of hydrogen-bond acceptors (Lipinski definition) is 3. The van der Waals surface area contributed by atoms with Crippen molar-refractivity contribution in [3.63, 3.8) is 0 Å². The van der Waals surface area contributed by atoms with E-state index in [1.54, 1.807) is 7.11 Å². The van der Waals surface area contributed by atoms with Gasteiger partial charge >= 0.3 is 0 Å². The van der Waals surface area contributed by atoms with Gasteiger partial charge in [-0.05, 0) is 55.0 Å². The van der Waals surface area contributed by atoms with Gasteiger partial charge in [0, 0.05) is 10.7 Å². The molecule has 20 heavy (non-hydrogen) atoms. The third-order valence-electron chi connectivity index (χ3n) is 2.68. The third-order valence-corrected chi connectivity index (χ3v) is 3.21. The Bertz CT molecular complexity index is 594. The van der Waals surface area contributed by atoms with Crippen LogP contribution < -0.4 is 9.47 Å². The summed E-state index contributed by atoms with van der Waals surface area (Å²) < 4.78 is 11.8. The SMILES string of the molecule is CCOc1ccc(C=Nc2ccc(Br)cc2)cc1OC. The van der Waals surface area contributed by atoms with Crippen molar-refractivity contribution in [3.05, 3.63) is 52.5 Å². The maximum Gasteiger partial charge on any atom is 0.161 e. The van der Waals surface area contributed by atoms with Crippen molar-refractivity contribution in [1.29, 1.82) is 0 Å². The largest absolute Gasteiger partial charge is 0.493 e. The summed E-state index contributed by atoms with van der Waals surface area (Å²) in [6, 6.07) is 13.6. The van der Waals surface area contributed by atoms with Gasteiger partial charge in [-0.2, -0.15) is 0 Å². The zero-order valence-electron chi connectivity index (χ0n) is 11.5. The summed E-state index contributed by atoms with van der Waals surface area (Å²) in [6.45, 7) is 2.56. The van der Waals surface area contributed by atoms with E-state index in [1.807, 2.05) is 55.6 Å². The van der Waals surface area contributed by atoms with Crippen molar-refractivity contribution in [3.8, 4) is 11.5 Å². The van der Waals surface area contributed by atoms with Gasteiger partial charge in [0.25, 0.3) is 0 Å². The minimum Gasteiger partial charge on any atom is -0.493 e. The molecule has 0 amide bonds. The lowest BCUT2D eigenvalue weighted by molar-refractivity contribution is 0.311. The van der Waals surface area contributed by atoms with Crippen LogP contribution in [0.3, 0.4) is 0 Å². The molecule has 0 aliphatic carbocycles. The molecular formula is C16H16BrNO2. The molecule has 104 valence electrons. The highest BCUT2D eigenvalue weighted by Crippen LogP contribution is 2.27. The highest BCUT2D eigenvalue weighted by molar-refractivity contribution is 9.10. The first kappa shape index (κ1) is 14.6. The highest BCUT2D eigenvalue weighted by atomic mass is 79.9. The Morgan fingerprint density at radius 3 is 2.50 bits per heavy atom. The Morgan fingerprint density at radius 2 is 1.85 bits per heavy atom. The first-order chi connectivity index (χ1) is 9.72. The molecule has 0 atom stereocenters. The number of aliphatic imine (C=N–C) groups is 1. The van der Waals surface area contributed by atoms with Gasteiger partial charge in [-0.15, -0.1) is 0 Å². The quantitative estimate of drug-likeness (QED) is 0.748. The molecule has 0 N–H and O–H groups in total. The number of rotatable bonds is 5. The van der Waals surface area contributed by atoms with Crippen molar-refractivity contribution in [2.45, 2.75) is 6.92 Å². The van der Waals surface area contributed by atoms with Crippen LogP contribution in [0.5, 0.6) is 11.5 Å². The Kier molecular flexibility index (Phi) is 5.18. The van der Waals surface area contributed by atoms with Crippen LogP contribution in [-0.4, -0.2) is 19.9 Å². The van der Waals surface area contributed by atoms with E-state index >= 15 is 0 Å². The third kappa shape index (κ3) is 3.84. The van der Waals surface area contributed by atoms with E-state index < -0.39 is 0 Å². The van der Waals surface area contributed by atoms with Crippen LogP contribution >= 0.6 is 15.9 Å². The van der Waals surface area contributed by atoms with Gasteiger partial charge in [0.05, 0.1) is 19.4 Å². The van der Waals surface area contributed by atoms with Crippen molar-refractivity contribution in [2.75, 3.05) is 13.7 Å². The minimum atomic E-state index is 0.614. The van der Waals surface area contributed by atoms with Gasteiger partial charge in [-0.3, -0.25) is 4.99 Å². The molecule has 0 saturated carbocycles. The summed E-state index contributed by atoms with van der Waals surface area (Å²) >= 11 is 3.40. The van der Waals surface area contributed by atoms with Gasteiger partial charge < -0.3 is 9.47 Å². The Hall–Kier alpha value is -1.81. The van der Waals surface area contributed by atoms with Crippen molar-refractivity contribution >= 4 is 27.8 Å². The minimum absolute atomic E-state index is 0.614. The summed E-state index contributed by atoms with van der Waals surface area (Å²) in [7, 11) is 1.63. The molecule has 0 aliphatic heterocycles. The van der Waals surface area contributed by atoms with Crippen LogP contribution in [-0.2, 0) is 0 Å². The van der Waals surface area contributed by atoms with E-state index in [9.17, 15) is 0 Å². The van der Waals surface area contributed by atoms with Crippen molar-refractivity contribution in [2.24, 2.45) is 4.99 Å². The molecule has 2 aromatic rings. The number of methoxy groups -OCH3 is 1. The number of nitrogens with zero attached hydrogens (tertiary/aromatic N) is 1. The van der Waals surface area contributed by atoms with Crippen LogP contribution in [0.1, 0.15) is 12.5 Å². The van der Waals surface area contributed by atoms with E-state index in [4.69, 9.17) is 9.47 Å². The van der Waals surface area contributed by atoms with Crippen molar-refractivity contribution in [1.82, 2.24) is 0 Å². The fourth-order valence-electron chi connectivity index (χ4n) is 1.72. The molecule has 0 aromatic heterocycles. The molecule has 0 bridgehead atoms. The van der Waals surface area contributed by atoms with Gasteiger partial charge in [-0.25, -0.2) is 0 Å². The second-order valence-corrected chi connectivity index (χ2v) is 4.99. The normalized spacial score (nSPS) is 10.8. The molecule has 0 unspecified atom stereocenters. The monoisotopic (exact) mass is 333 g/mol. The maximum absolute atomic E-state index is 5.48. The second-order valence-electron chi connectivity index (χ2n) is 4.08. The smallest absolute Gasteiger partial charge is 0.161 e. The first-order valence-corrected chi connectivity index (χ1v) is 7.12. The molecule has 2 aromatic carbocycles. The van der Waals surface area contributed by atoms with Gasteiger partial charge in [0.15, 0.2) is 11.5 Å². The lowest BCUT2D eigenvalue weighted by Gasteiger charge is -2.09. The molecule has 0 fully saturated rings. The van der Waals surface area contributed by atoms with Gasteiger partial charge in [0.2, 0.25) is 0 Å². The molecule has 0 spiro atoms. The predicted octanol–water partition coefficient (Wildman–Crippen LogP) is 4.61. The molecule has 0 heterocycles. The number of halogens is 1. The average Bonchev–Trinajstić information content (AvgIpc) is 2.48. The number of ether oxygens (including phenoxy) is 2. The summed E-state index contributed by atoms with van der Waals surface area (Å²) in [4.78, 5) is 4.43. The fourth-order valence-corrected chi connectivity index (χ4v) is 1.98. The summed E-state index contributed by atoms with van der Waals surface area (Å²) in [5.74, 6) is 1.46.